The molecule has 0 amide bonds. The van der Waals surface area contributed by atoms with Gasteiger partial charge in [-0.1, -0.05) is 0 Å². The Hall–Kier alpha value is -1.22. The summed E-state index contributed by atoms with van der Waals surface area (Å²) in [5, 5.41) is 0. The minimum atomic E-state index is 0.616. The first-order valence-corrected chi connectivity index (χ1v) is 5.25. The van der Waals surface area contributed by atoms with Crippen LogP contribution in [0.5, 0.6) is 11.5 Å². The van der Waals surface area contributed by atoms with E-state index in [4.69, 9.17) is 15.2 Å². The van der Waals surface area contributed by atoms with Gasteiger partial charge in [0.05, 0.1) is 14.2 Å². The van der Waals surface area contributed by atoms with Crippen molar-refractivity contribution >= 4 is 0 Å². The third kappa shape index (κ3) is 1.67. The first kappa shape index (κ1) is 10.3. The van der Waals surface area contributed by atoms with Crippen molar-refractivity contribution < 1.29 is 9.47 Å². The van der Waals surface area contributed by atoms with E-state index >= 15 is 0 Å². The van der Waals surface area contributed by atoms with E-state index < -0.39 is 0 Å². The van der Waals surface area contributed by atoms with Crippen molar-refractivity contribution in [3.05, 3.63) is 23.3 Å². The molecule has 0 saturated carbocycles. The van der Waals surface area contributed by atoms with E-state index in [2.05, 4.69) is 12.1 Å². The molecular weight excluding hydrogens is 190 g/mol. The summed E-state index contributed by atoms with van der Waals surface area (Å²) >= 11 is 0. The Labute approximate surface area is 90.2 Å². The molecule has 1 aromatic rings. The maximum Gasteiger partial charge on any atom is 0.161 e. The maximum atomic E-state index is 5.57. The van der Waals surface area contributed by atoms with E-state index in [1.165, 1.54) is 11.1 Å². The van der Waals surface area contributed by atoms with E-state index in [0.717, 1.165) is 30.9 Å². The Balaban J connectivity index is 2.28. The molecule has 0 saturated heterocycles. The van der Waals surface area contributed by atoms with Crippen LogP contribution in [0.2, 0.25) is 0 Å². The minimum absolute atomic E-state index is 0.616. The molecule has 3 nitrogen and oxygen atoms in total. The molecule has 0 aliphatic heterocycles. The Kier molecular flexibility index (Phi) is 2.82. The van der Waals surface area contributed by atoms with Crippen molar-refractivity contribution in [3.63, 3.8) is 0 Å². The maximum absolute atomic E-state index is 5.57. The van der Waals surface area contributed by atoms with Crippen LogP contribution in [-0.2, 0) is 6.42 Å². The highest BCUT2D eigenvalue weighted by atomic mass is 16.5. The lowest BCUT2D eigenvalue weighted by Crippen LogP contribution is -2.20. The zero-order chi connectivity index (χ0) is 10.8. The van der Waals surface area contributed by atoms with Gasteiger partial charge in [0.2, 0.25) is 0 Å². The lowest BCUT2D eigenvalue weighted by molar-refractivity contribution is 0.351. The number of hydrogen-bond acceptors (Lipinski definition) is 3. The molecule has 0 spiro atoms. The molecule has 0 radical (unpaired) electrons. The van der Waals surface area contributed by atoms with Crippen molar-refractivity contribution in [2.24, 2.45) is 5.73 Å². The molecule has 0 aromatic heterocycles. The van der Waals surface area contributed by atoms with Crippen molar-refractivity contribution in [2.45, 2.75) is 18.8 Å². The predicted octanol–water partition coefficient (Wildman–Crippen LogP) is 1.69. The first-order valence-electron chi connectivity index (χ1n) is 5.25. The summed E-state index contributed by atoms with van der Waals surface area (Å²) in [6.45, 7) is 0.748. The molecule has 2 rings (SSSR count). The summed E-state index contributed by atoms with van der Waals surface area (Å²) in [5.41, 5.74) is 8.31. The zero-order valence-electron chi connectivity index (χ0n) is 9.25. The largest absolute Gasteiger partial charge is 0.493 e. The summed E-state index contributed by atoms with van der Waals surface area (Å²) in [5.74, 6) is 2.25. The zero-order valence-corrected chi connectivity index (χ0v) is 9.25. The number of hydrogen-bond donors (Lipinski definition) is 1. The molecule has 1 aliphatic rings. The molecule has 2 N–H and O–H groups in total. The summed E-state index contributed by atoms with van der Waals surface area (Å²) in [4.78, 5) is 0. The number of benzene rings is 1. The fourth-order valence-corrected chi connectivity index (χ4v) is 2.20. The van der Waals surface area contributed by atoms with E-state index in [1.54, 1.807) is 14.2 Å². The number of methoxy groups -OCH3 is 2. The van der Waals surface area contributed by atoms with Crippen LogP contribution in [0.1, 0.15) is 23.5 Å². The van der Waals surface area contributed by atoms with Crippen molar-refractivity contribution in [1.29, 1.82) is 0 Å². The average Bonchev–Trinajstić information content (AvgIpc) is 2.25. The van der Waals surface area contributed by atoms with E-state index in [1.807, 2.05) is 0 Å². The van der Waals surface area contributed by atoms with E-state index in [0.29, 0.717) is 5.92 Å². The van der Waals surface area contributed by atoms with Crippen molar-refractivity contribution in [3.8, 4) is 11.5 Å². The average molecular weight is 207 g/mol. The highest BCUT2D eigenvalue weighted by Gasteiger charge is 2.27. The van der Waals surface area contributed by atoms with Gasteiger partial charge < -0.3 is 15.2 Å². The molecule has 3 heteroatoms. The Morgan fingerprint density at radius 1 is 1.27 bits per heavy atom. The molecular formula is C12H17NO2. The minimum Gasteiger partial charge on any atom is -0.493 e. The molecule has 15 heavy (non-hydrogen) atoms. The Bertz CT molecular complexity index is 363. The molecule has 1 aliphatic carbocycles. The van der Waals surface area contributed by atoms with Crippen LogP contribution in [0.4, 0.5) is 0 Å². The van der Waals surface area contributed by atoms with Crippen molar-refractivity contribution in [2.75, 3.05) is 20.8 Å². The van der Waals surface area contributed by atoms with Crippen LogP contribution in [0.25, 0.3) is 0 Å². The Morgan fingerprint density at radius 3 is 2.53 bits per heavy atom. The highest BCUT2D eigenvalue weighted by Crippen LogP contribution is 2.43. The molecule has 1 unspecified atom stereocenters. The number of ether oxygens (including phenoxy) is 2. The quantitative estimate of drug-likeness (QED) is 0.817. The SMILES string of the molecule is COc1cc2c(cc1OC)C(CCN)C2. The molecule has 1 atom stereocenters. The van der Waals surface area contributed by atoms with Gasteiger partial charge in [0.15, 0.2) is 11.5 Å². The topological polar surface area (TPSA) is 44.5 Å². The fourth-order valence-electron chi connectivity index (χ4n) is 2.20. The second kappa shape index (κ2) is 4.11. The van der Waals surface area contributed by atoms with Gasteiger partial charge >= 0.3 is 0 Å². The van der Waals surface area contributed by atoms with Crippen LogP contribution in [0.15, 0.2) is 12.1 Å². The smallest absolute Gasteiger partial charge is 0.161 e. The fraction of sp³-hybridized carbons (Fsp3) is 0.500. The van der Waals surface area contributed by atoms with Crippen LogP contribution < -0.4 is 15.2 Å². The standard InChI is InChI=1S/C12H17NO2/c1-14-11-6-9-5-8(3-4-13)10(9)7-12(11)15-2/h6-8H,3-5,13H2,1-2H3. The van der Waals surface area contributed by atoms with Gasteiger partial charge in [-0.3, -0.25) is 0 Å². The monoisotopic (exact) mass is 207 g/mol. The van der Waals surface area contributed by atoms with Gasteiger partial charge in [0.1, 0.15) is 0 Å². The van der Waals surface area contributed by atoms with Gasteiger partial charge in [-0.05, 0) is 48.6 Å². The normalized spacial score (nSPS) is 17.9. The summed E-state index contributed by atoms with van der Waals surface area (Å²) in [7, 11) is 3.33. The molecule has 1 aromatic carbocycles. The van der Waals surface area contributed by atoms with Crippen LogP contribution in [0.3, 0.4) is 0 Å². The number of rotatable bonds is 4. The number of nitrogens with two attached hydrogens (primary N) is 1. The lowest BCUT2D eigenvalue weighted by atomic mass is 9.75. The highest BCUT2D eigenvalue weighted by molar-refractivity contribution is 5.53. The molecule has 82 valence electrons. The third-order valence-corrected chi connectivity index (χ3v) is 3.07. The predicted molar refractivity (Wildman–Crippen MR) is 59.7 cm³/mol. The van der Waals surface area contributed by atoms with Crippen LogP contribution >= 0.6 is 0 Å². The summed E-state index contributed by atoms with van der Waals surface area (Å²) in [6.07, 6.45) is 2.18. The van der Waals surface area contributed by atoms with Crippen molar-refractivity contribution in [1.82, 2.24) is 0 Å². The molecule has 0 fully saturated rings. The second-order valence-electron chi connectivity index (χ2n) is 3.88. The van der Waals surface area contributed by atoms with E-state index in [9.17, 15) is 0 Å². The molecule has 0 bridgehead atoms. The first-order chi connectivity index (χ1) is 7.30. The third-order valence-electron chi connectivity index (χ3n) is 3.07. The Morgan fingerprint density at radius 2 is 1.93 bits per heavy atom. The van der Waals surface area contributed by atoms with Gasteiger partial charge in [0.25, 0.3) is 0 Å². The summed E-state index contributed by atoms with van der Waals surface area (Å²) < 4.78 is 10.5. The van der Waals surface area contributed by atoms with Gasteiger partial charge in [-0.15, -0.1) is 0 Å². The lowest BCUT2D eigenvalue weighted by Gasteiger charge is -2.31. The second-order valence-corrected chi connectivity index (χ2v) is 3.88. The molecule has 0 heterocycles. The van der Waals surface area contributed by atoms with Gasteiger partial charge in [0, 0.05) is 0 Å². The van der Waals surface area contributed by atoms with Gasteiger partial charge in [-0.2, -0.15) is 0 Å². The number of fused-ring (bicyclic) bond motifs is 1. The van der Waals surface area contributed by atoms with Crippen LogP contribution in [0, 0.1) is 0 Å². The summed E-state index contributed by atoms with van der Waals surface area (Å²) in [6, 6.07) is 4.15. The van der Waals surface area contributed by atoms with Gasteiger partial charge in [-0.25, -0.2) is 0 Å². The van der Waals surface area contributed by atoms with E-state index in [-0.39, 0.29) is 0 Å². The van der Waals surface area contributed by atoms with Crippen LogP contribution in [-0.4, -0.2) is 20.8 Å².